The summed E-state index contributed by atoms with van der Waals surface area (Å²) in [5.41, 5.74) is 4.70. The molecule has 1 amide bonds. The van der Waals surface area contributed by atoms with Crippen molar-refractivity contribution >= 4 is 12.1 Å². The number of carboxylic acids is 1. The van der Waals surface area contributed by atoms with E-state index in [1.54, 1.807) is 20.8 Å². The van der Waals surface area contributed by atoms with Crippen LogP contribution in [0.4, 0.5) is 4.79 Å². The zero-order valence-corrected chi connectivity index (χ0v) is 10.5. The molecule has 0 saturated carbocycles. The van der Waals surface area contributed by atoms with Crippen LogP contribution in [0.25, 0.3) is 0 Å². The van der Waals surface area contributed by atoms with Gasteiger partial charge >= 0.3 is 12.1 Å². The van der Waals surface area contributed by atoms with Gasteiger partial charge in [0.05, 0.1) is 0 Å². The summed E-state index contributed by atoms with van der Waals surface area (Å²) in [7, 11) is 0. The molecule has 0 aromatic rings. The average Bonchev–Trinajstić information content (AvgIpc) is 2.14. The summed E-state index contributed by atoms with van der Waals surface area (Å²) in [4.78, 5) is 21.8. The molecule has 17 heavy (non-hydrogen) atoms. The summed E-state index contributed by atoms with van der Waals surface area (Å²) in [6.45, 7) is 5.41. The summed E-state index contributed by atoms with van der Waals surface area (Å²) in [5, 5.41) is 9.46. The predicted octanol–water partition coefficient (Wildman–Crippen LogP) is 0.289. The molecule has 5 N–H and O–H groups in total. The van der Waals surface area contributed by atoms with Crippen LogP contribution in [0.1, 0.15) is 33.6 Å². The standard InChI is InChI=1S/C10H21N3O4/c1-10(2,3)17-9(16)13(12)6-4-5-7(11)8(14)15/h7H,4-6,11-12H2,1-3H3,(H,14,15). The largest absolute Gasteiger partial charge is 0.480 e. The van der Waals surface area contributed by atoms with Gasteiger partial charge in [0, 0.05) is 6.54 Å². The van der Waals surface area contributed by atoms with Crippen molar-refractivity contribution in [3.8, 4) is 0 Å². The number of rotatable bonds is 5. The van der Waals surface area contributed by atoms with E-state index in [0.717, 1.165) is 5.01 Å². The third-order valence-corrected chi connectivity index (χ3v) is 1.86. The molecule has 0 aromatic carbocycles. The highest BCUT2D eigenvalue weighted by Crippen LogP contribution is 2.08. The third-order valence-electron chi connectivity index (χ3n) is 1.86. The number of hydrazine groups is 1. The van der Waals surface area contributed by atoms with E-state index in [2.05, 4.69) is 0 Å². The maximum absolute atomic E-state index is 11.4. The molecule has 1 atom stereocenters. The van der Waals surface area contributed by atoms with E-state index in [4.69, 9.17) is 21.4 Å². The second-order valence-electron chi connectivity index (χ2n) is 4.76. The molecule has 0 aliphatic rings. The molecule has 0 bridgehead atoms. The lowest BCUT2D eigenvalue weighted by Gasteiger charge is -2.24. The lowest BCUT2D eigenvalue weighted by molar-refractivity contribution is -0.138. The Labute approximate surface area is 101 Å². The van der Waals surface area contributed by atoms with Gasteiger partial charge in [0.2, 0.25) is 0 Å². The van der Waals surface area contributed by atoms with Gasteiger partial charge in [0.25, 0.3) is 0 Å². The Bertz CT molecular complexity index is 275. The topological polar surface area (TPSA) is 119 Å². The Balaban J connectivity index is 3.90. The molecule has 0 aliphatic carbocycles. The van der Waals surface area contributed by atoms with Gasteiger partial charge in [-0.2, -0.15) is 0 Å². The summed E-state index contributed by atoms with van der Waals surface area (Å²) in [6.07, 6.45) is 0.0242. The average molecular weight is 247 g/mol. The van der Waals surface area contributed by atoms with Crippen LogP contribution in [0.3, 0.4) is 0 Å². The third kappa shape index (κ3) is 7.53. The number of hydrogen-bond donors (Lipinski definition) is 3. The normalized spacial score (nSPS) is 13.0. The molecular formula is C10H21N3O4. The van der Waals surface area contributed by atoms with Crippen molar-refractivity contribution < 1.29 is 19.4 Å². The Morgan fingerprint density at radius 2 is 1.94 bits per heavy atom. The van der Waals surface area contributed by atoms with Crippen molar-refractivity contribution in [2.24, 2.45) is 11.6 Å². The zero-order chi connectivity index (χ0) is 13.6. The number of carboxylic acid groups (broad SMARTS) is 1. The van der Waals surface area contributed by atoms with Gasteiger partial charge < -0.3 is 15.6 Å². The van der Waals surface area contributed by atoms with Crippen LogP contribution in [-0.2, 0) is 9.53 Å². The first kappa shape index (κ1) is 15.7. The quantitative estimate of drug-likeness (QED) is 0.365. The number of nitrogens with zero attached hydrogens (tertiary/aromatic N) is 1. The Morgan fingerprint density at radius 1 is 1.41 bits per heavy atom. The highest BCUT2D eigenvalue weighted by atomic mass is 16.6. The lowest BCUT2D eigenvalue weighted by atomic mass is 10.2. The van der Waals surface area contributed by atoms with E-state index in [0.29, 0.717) is 6.42 Å². The van der Waals surface area contributed by atoms with Gasteiger partial charge in [0.15, 0.2) is 0 Å². The second-order valence-corrected chi connectivity index (χ2v) is 4.76. The predicted molar refractivity (Wildman–Crippen MR) is 62.0 cm³/mol. The molecule has 0 heterocycles. The van der Waals surface area contributed by atoms with Crippen molar-refractivity contribution in [3.63, 3.8) is 0 Å². The SMILES string of the molecule is CC(C)(C)OC(=O)N(N)CCCC(N)C(=O)O. The smallest absolute Gasteiger partial charge is 0.424 e. The molecule has 0 aliphatic heterocycles. The maximum Gasteiger partial charge on any atom is 0.424 e. The van der Waals surface area contributed by atoms with Gasteiger partial charge in [-0.3, -0.25) is 4.79 Å². The lowest BCUT2D eigenvalue weighted by Crippen LogP contribution is -2.42. The van der Waals surface area contributed by atoms with E-state index < -0.39 is 23.7 Å². The Morgan fingerprint density at radius 3 is 2.35 bits per heavy atom. The summed E-state index contributed by atoms with van der Waals surface area (Å²) in [5.74, 6) is 4.39. The van der Waals surface area contributed by atoms with Gasteiger partial charge in [-0.15, -0.1) is 0 Å². The van der Waals surface area contributed by atoms with Gasteiger partial charge in [-0.25, -0.2) is 15.6 Å². The Kier molecular flexibility index (Phi) is 5.90. The van der Waals surface area contributed by atoms with E-state index in [9.17, 15) is 9.59 Å². The first-order chi connectivity index (χ1) is 7.63. The van der Waals surface area contributed by atoms with Crippen LogP contribution in [0.15, 0.2) is 0 Å². The molecule has 1 unspecified atom stereocenters. The molecule has 0 radical (unpaired) electrons. The molecule has 0 rings (SSSR count). The van der Waals surface area contributed by atoms with Gasteiger partial charge in [-0.1, -0.05) is 0 Å². The van der Waals surface area contributed by atoms with Crippen LogP contribution in [-0.4, -0.2) is 40.4 Å². The van der Waals surface area contributed by atoms with Crippen molar-refractivity contribution in [1.82, 2.24) is 5.01 Å². The number of hydrogen-bond acceptors (Lipinski definition) is 5. The minimum atomic E-state index is -1.06. The molecule has 0 spiro atoms. The summed E-state index contributed by atoms with van der Waals surface area (Å²) >= 11 is 0. The number of carbonyl (C=O) groups excluding carboxylic acids is 1. The molecule has 100 valence electrons. The highest BCUT2D eigenvalue weighted by Gasteiger charge is 2.20. The van der Waals surface area contributed by atoms with Crippen LogP contribution in [0.5, 0.6) is 0 Å². The van der Waals surface area contributed by atoms with Crippen molar-refractivity contribution in [2.45, 2.75) is 45.3 Å². The molecule has 0 aromatic heterocycles. The second kappa shape index (κ2) is 6.41. The minimum absolute atomic E-state index is 0.204. The van der Waals surface area contributed by atoms with Gasteiger partial charge in [-0.05, 0) is 33.6 Å². The van der Waals surface area contributed by atoms with E-state index in [1.165, 1.54) is 0 Å². The summed E-state index contributed by atoms with van der Waals surface area (Å²) in [6, 6.07) is -0.929. The van der Waals surface area contributed by atoms with Crippen LogP contribution in [0.2, 0.25) is 0 Å². The maximum atomic E-state index is 11.4. The first-order valence-corrected chi connectivity index (χ1v) is 5.37. The molecule has 0 saturated heterocycles. The number of amides is 1. The van der Waals surface area contributed by atoms with E-state index >= 15 is 0 Å². The zero-order valence-electron chi connectivity index (χ0n) is 10.5. The molecule has 7 heteroatoms. The van der Waals surface area contributed by atoms with Gasteiger partial charge in [0.1, 0.15) is 11.6 Å². The van der Waals surface area contributed by atoms with E-state index in [1.807, 2.05) is 0 Å². The number of ether oxygens (including phenoxy) is 1. The van der Waals surface area contributed by atoms with Crippen molar-refractivity contribution in [2.75, 3.05) is 6.54 Å². The molecule has 0 fully saturated rings. The fraction of sp³-hybridized carbons (Fsp3) is 0.800. The minimum Gasteiger partial charge on any atom is -0.480 e. The van der Waals surface area contributed by atoms with Crippen LogP contribution in [0, 0.1) is 0 Å². The highest BCUT2D eigenvalue weighted by molar-refractivity contribution is 5.73. The monoisotopic (exact) mass is 247 g/mol. The number of aliphatic carboxylic acids is 1. The summed E-state index contributed by atoms with van der Waals surface area (Å²) < 4.78 is 5.02. The molecule has 7 nitrogen and oxygen atoms in total. The van der Waals surface area contributed by atoms with Crippen LogP contribution >= 0.6 is 0 Å². The van der Waals surface area contributed by atoms with Crippen molar-refractivity contribution in [1.29, 1.82) is 0 Å². The fourth-order valence-corrected chi connectivity index (χ4v) is 1.02. The fourth-order valence-electron chi connectivity index (χ4n) is 1.02. The van der Waals surface area contributed by atoms with Crippen molar-refractivity contribution in [3.05, 3.63) is 0 Å². The molecular weight excluding hydrogens is 226 g/mol. The number of nitrogens with two attached hydrogens (primary N) is 2. The first-order valence-electron chi connectivity index (χ1n) is 5.37. The van der Waals surface area contributed by atoms with Crippen LogP contribution < -0.4 is 11.6 Å². The number of carbonyl (C=O) groups is 2. The Hall–Kier alpha value is -1.34. The van der Waals surface area contributed by atoms with E-state index in [-0.39, 0.29) is 13.0 Å².